The number of halogens is 1. The standard InChI is InChI=1S/C28H31ClN2O5/c1-5-36-27(35)28(3,4)23-14-13-22(19-10-8-11-20(29)15-19)31(23)25(33)17(2)30-24(32)16-18-9-6-7-12-21(18)26(30)34/h6-12,15,17,22-23H,5,13-14,16H2,1-4H3/t17-,22+,23-/m1/s1. The summed E-state index contributed by atoms with van der Waals surface area (Å²) in [7, 11) is 0. The van der Waals surface area contributed by atoms with E-state index in [9.17, 15) is 19.2 Å². The molecule has 0 unspecified atom stereocenters. The molecule has 7 nitrogen and oxygen atoms in total. The summed E-state index contributed by atoms with van der Waals surface area (Å²) in [5, 5.41) is 0.541. The van der Waals surface area contributed by atoms with Crippen LogP contribution in [-0.2, 0) is 25.5 Å². The van der Waals surface area contributed by atoms with Gasteiger partial charge < -0.3 is 9.64 Å². The van der Waals surface area contributed by atoms with Gasteiger partial charge in [-0.1, -0.05) is 41.9 Å². The summed E-state index contributed by atoms with van der Waals surface area (Å²) in [6, 6.07) is 12.3. The van der Waals surface area contributed by atoms with Crippen LogP contribution in [0.5, 0.6) is 0 Å². The predicted molar refractivity (Wildman–Crippen MR) is 135 cm³/mol. The highest BCUT2D eigenvalue weighted by atomic mass is 35.5. The smallest absolute Gasteiger partial charge is 0.313 e. The van der Waals surface area contributed by atoms with Crippen molar-refractivity contribution in [1.29, 1.82) is 0 Å². The van der Waals surface area contributed by atoms with Crippen LogP contribution in [-0.4, -0.2) is 52.2 Å². The Labute approximate surface area is 216 Å². The lowest BCUT2D eigenvalue weighted by molar-refractivity contribution is -0.160. The van der Waals surface area contributed by atoms with Gasteiger partial charge in [-0.05, 0) is 69.9 Å². The topological polar surface area (TPSA) is 84.0 Å². The lowest BCUT2D eigenvalue weighted by Gasteiger charge is -2.41. The third kappa shape index (κ3) is 4.52. The highest BCUT2D eigenvalue weighted by Crippen LogP contribution is 2.45. The van der Waals surface area contributed by atoms with E-state index in [1.807, 2.05) is 18.2 Å². The van der Waals surface area contributed by atoms with Crippen molar-refractivity contribution >= 4 is 35.3 Å². The lowest BCUT2D eigenvalue weighted by Crippen LogP contribution is -2.57. The second-order valence-electron chi connectivity index (χ2n) is 9.93. The van der Waals surface area contributed by atoms with E-state index in [0.717, 1.165) is 10.5 Å². The average Bonchev–Trinajstić information content (AvgIpc) is 3.30. The van der Waals surface area contributed by atoms with E-state index >= 15 is 0 Å². The summed E-state index contributed by atoms with van der Waals surface area (Å²) in [6.07, 6.45) is 1.22. The molecule has 0 aromatic heterocycles. The van der Waals surface area contributed by atoms with Gasteiger partial charge in [0, 0.05) is 16.6 Å². The number of carbonyl (C=O) groups excluding carboxylic acids is 4. The molecule has 2 aromatic rings. The number of rotatable bonds is 6. The molecule has 8 heteroatoms. The molecular formula is C28H31ClN2O5. The number of amides is 3. The molecule has 1 fully saturated rings. The van der Waals surface area contributed by atoms with Crippen LogP contribution in [0.2, 0.25) is 5.02 Å². The molecule has 0 aliphatic carbocycles. The Morgan fingerprint density at radius 2 is 1.83 bits per heavy atom. The molecule has 0 N–H and O–H groups in total. The molecule has 4 rings (SSSR count). The summed E-state index contributed by atoms with van der Waals surface area (Å²) in [5.74, 6) is -1.69. The van der Waals surface area contributed by atoms with Gasteiger partial charge >= 0.3 is 5.97 Å². The molecule has 2 aliphatic rings. The molecule has 0 bridgehead atoms. The molecule has 3 amide bonds. The van der Waals surface area contributed by atoms with Crippen LogP contribution in [0, 0.1) is 5.41 Å². The first-order chi connectivity index (χ1) is 17.1. The van der Waals surface area contributed by atoms with Gasteiger partial charge in [0.1, 0.15) is 6.04 Å². The third-order valence-corrected chi connectivity index (χ3v) is 7.56. The maximum absolute atomic E-state index is 14.1. The van der Waals surface area contributed by atoms with Gasteiger partial charge in [-0.25, -0.2) is 0 Å². The second-order valence-corrected chi connectivity index (χ2v) is 10.4. The molecular weight excluding hydrogens is 480 g/mol. The van der Waals surface area contributed by atoms with Crippen LogP contribution in [0.4, 0.5) is 0 Å². The Morgan fingerprint density at radius 3 is 2.53 bits per heavy atom. The highest BCUT2D eigenvalue weighted by Gasteiger charge is 2.51. The summed E-state index contributed by atoms with van der Waals surface area (Å²) in [4.78, 5) is 56.2. The van der Waals surface area contributed by atoms with Gasteiger partial charge in [0.15, 0.2) is 0 Å². The number of imide groups is 1. The molecule has 2 heterocycles. The number of fused-ring (bicyclic) bond motifs is 1. The molecule has 36 heavy (non-hydrogen) atoms. The highest BCUT2D eigenvalue weighted by molar-refractivity contribution is 6.30. The fraction of sp³-hybridized carbons (Fsp3) is 0.429. The maximum atomic E-state index is 14.1. The van der Waals surface area contributed by atoms with Crippen molar-refractivity contribution in [1.82, 2.24) is 9.80 Å². The van der Waals surface area contributed by atoms with E-state index in [4.69, 9.17) is 16.3 Å². The molecule has 0 spiro atoms. The molecule has 2 aliphatic heterocycles. The minimum Gasteiger partial charge on any atom is -0.466 e. The number of benzene rings is 2. The van der Waals surface area contributed by atoms with Crippen molar-refractivity contribution in [3.05, 3.63) is 70.2 Å². The maximum Gasteiger partial charge on any atom is 0.313 e. The molecule has 3 atom stereocenters. The molecule has 1 saturated heterocycles. The van der Waals surface area contributed by atoms with Crippen LogP contribution < -0.4 is 0 Å². The van der Waals surface area contributed by atoms with Gasteiger partial charge in [0.05, 0.1) is 24.5 Å². The normalized spacial score (nSPS) is 20.8. The van der Waals surface area contributed by atoms with E-state index in [1.54, 1.807) is 62.9 Å². The Bertz CT molecular complexity index is 1210. The van der Waals surface area contributed by atoms with Crippen molar-refractivity contribution in [3.63, 3.8) is 0 Å². The van der Waals surface area contributed by atoms with Crippen molar-refractivity contribution < 1.29 is 23.9 Å². The zero-order valence-electron chi connectivity index (χ0n) is 21.0. The van der Waals surface area contributed by atoms with E-state index in [0.29, 0.717) is 29.0 Å². The van der Waals surface area contributed by atoms with Crippen LogP contribution in [0.15, 0.2) is 48.5 Å². The number of likely N-dealkylation sites (tertiary alicyclic amines) is 1. The van der Waals surface area contributed by atoms with Gasteiger partial charge in [-0.2, -0.15) is 0 Å². The lowest BCUT2D eigenvalue weighted by atomic mass is 9.82. The average molecular weight is 511 g/mol. The molecule has 190 valence electrons. The number of hydrogen-bond donors (Lipinski definition) is 0. The summed E-state index contributed by atoms with van der Waals surface area (Å²) >= 11 is 6.26. The molecule has 0 radical (unpaired) electrons. The molecule has 0 saturated carbocycles. The Morgan fingerprint density at radius 1 is 1.11 bits per heavy atom. The van der Waals surface area contributed by atoms with E-state index in [2.05, 4.69) is 0 Å². The fourth-order valence-electron chi connectivity index (χ4n) is 5.41. The first-order valence-corrected chi connectivity index (χ1v) is 12.6. The van der Waals surface area contributed by atoms with Crippen LogP contribution in [0.25, 0.3) is 0 Å². The minimum absolute atomic E-state index is 0.0506. The van der Waals surface area contributed by atoms with Gasteiger partial charge in [-0.3, -0.25) is 24.1 Å². The quantitative estimate of drug-likeness (QED) is 0.419. The predicted octanol–water partition coefficient (Wildman–Crippen LogP) is 4.58. The fourth-order valence-corrected chi connectivity index (χ4v) is 5.61. The van der Waals surface area contributed by atoms with Crippen molar-refractivity contribution in [3.8, 4) is 0 Å². The Balaban J connectivity index is 1.72. The van der Waals surface area contributed by atoms with Gasteiger partial charge in [-0.15, -0.1) is 0 Å². The van der Waals surface area contributed by atoms with Crippen LogP contribution >= 0.6 is 11.6 Å². The molecule has 2 aromatic carbocycles. The number of ether oxygens (including phenoxy) is 1. The van der Waals surface area contributed by atoms with Crippen LogP contribution in [0.3, 0.4) is 0 Å². The first kappa shape index (κ1) is 25.9. The van der Waals surface area contributed by atoms with E-state index < -0.39 is 35.3 Å². The summed E-state index contributed by atoms with van der Waals surface area (Å²) in [6.45, 7) is 7.09. The summed E-state index contributed by atoms with van der Waals surface area (Å²) in [5.41, 5.74) is 0.920. The number of carbonyl (C=O) groups is 4. The number of hydrogen-bond acceptors (Lipinski definition) is 5. The second kappa shape index (κ2) is 10.1. The first-order valence-electron chi connectivity index (χ1n) is 12.3. The number of esters is 1. The third-order valence-electron chi connectivity index (χ3n) is 7.33. The van der Waals surface area contributed by atoms with Crippen molar-refractivity contribution in [2.75, 3.05) is 6.61 Å². The monoisotopic (exact) mass is 510 g/mol. The Kier molecular flexibility index (Phi) is 7.23. The largest absolute Gasteiger partial charge is 0.466 e. The summed E-state index contributed by atoms with van der Waals surface area (Å²) < 4.78 is 5.34. The minimum atomic E-state index is -1.04. The van der Waals surface area contributed by atoms with Crippen molar-refractivity contribution in [2.45, 2.75) is 65.1 Å². The van der Waals surface area contributed by atoms with E-state index in [1.165, 1.54) is 0 Å². The zero-order chi connectivity index (χ0) is 26.2. The van der Waals surface area contributed by atoms with E-state index in [-0.39, 0.29) is 25.0 Å². The zero-order valence-corrected chi connectivity index (χ0v) is 21.7. The SMILES string of the molecule is CCOC(=O)C(C)(C)[C@H]1CC[C@@H](c2cccc(Cl)c2)N1C(=O)[C@@H](C)N1C(=O)Cc2ccccc2C1=O. The van der Waals surface area contributed by atoms with Gasteiger partial charge in [0.2, 0.25) is 11.8 Å². The van der Waals surface area contributed by atoms with Crippen LogP contribution in [0.1, 0.15) is 68.1 Å². The Hall–Kier alpha value is -3.19. The van der Waals surface area contributed by atoms with Crippen molar-refractivity contribution in [2.24, 2.45) is 5.41 Å². The number of nitrogens with zero attached hydrogens (tertiary/aromatic N) is 2. The van der Waals surface area contributed by atoms with Gasteiger partial charge in [0.25, 0.3) is 5.91 Å².